The molecule has 0 bridgehead atoms. The number of hydrogen-bond acceptors (Lipinski definition) is 6. The summed E-state index contributed by atoms with van der Waals surface area (Å²) >= 11 is 1.67. The number of aliphatic hydroxyl groups excluding tert-OH is 1. The van der Waals surface area contributed by atoms with Crippen LogP contribution in [0, 0.1) is 17.7 Å². The van der Waals surface area contributed by atoms with Crippen molar-refractivity contribution >= 4 is 28.6 Å². The SMILES string of the molecule is COc1ccc2nccc([C@H](O)CC[C@@H]3CCN(CCCSc4cccc(F)c4)C[C@H]3CCC(=O)O)c2c1. The summed E-state index contributed by atoms with van der Waals surface area (Å²) in [5.41, 5.74) is 1.68. The van der Waals surface area contributed by atoms with Gasteiger partial charge in [0.05, 0.1) is 18.7 Å². The van der Waals surface area contributed by atoms with Crippen LogP contribution in [0.25, 0.3) is 10.9 Å². The second-order valence-electron chi connectivity index (χ2n) is 10.1. The second kappa shape index (κ2) is 13.9. The Morgan fingerprint density at radius 2 is 2.08 bits per heavy atom. The number of rotatable bonds is 13. The van der Waals surface area contributed by atoms with Crippen LogP contribution >= 0.6 is 11.8 Å². The van der Waals surface area contributed by atoms with Crippen LogP contribution in [0.2, 0.25) is 0 Å². The van der Waals surface area contributed by atoms with E-state index in [4.69, 9.17) is 4.74 Å². The van der Waals surface area contributed by atoms with Crippen molar-refractivity contribution in [3.8, 4) is 5.75 Å². The van der Waals surface area contributed by atoms with Crippen molar-refractivity contribution in [2.75, 3.05) is 32.5 Å². The number of aliphatic hydroxyl groups is 1. The lowest BCUT2D eigenvalue weighted by atomic mass is 9.79. The van der Waals surface area contributed by atoms with E-state index in [-0.39, 0.29) is 18.2 Å². The highest BCUT2D eigenvalue weighted by atomic mass is 32.2. The lowest BCUT2D eigenvalue weighted by Gasteiger charge is -2.39. The van der Waals surface area contributed by atoms with Crippen molar-refractivity contribution < 1.29 is 24.1 Å². The quantitative estimate of drug-likeness (QED) is 0.198. The summed E-state index contributed by atoms with van der Waals surface area (Å²) in [4.78, 5) is 19.1. The molecule has 4 rings (SSSR count). The summed E-state index contributed by atoms with van der Waals surface area (Å²) in [7, 11) is 1.63. The molecule has 0 unspecified atom stereocenters. The minimum absolute atomic E-state index is 0.168. The van der Waals surface area contributed by atoms with Crippen molar-refractivity contribution in [2.24, 2.45) is 11.8 Å². The van der Waals surface area contributed by atoms with E-state index in [9.17, 15) is 19.4 Å². The number of carboxylic acids is 1. The van der Waals surface area contributed by atoms with Crippen LogP contribution in [0.1, 0.15) is 50.2 Å². The number of fused-ring (bicyclic) bond motifs is 1. The van der Waals surface area contributed by atoms with E-state index in [1.54, 1.807) is 37.2 Å². The van der Waals surface area contributed by atoms with Crippen LogP contribution in [0.15, 0.2) is 59.6 Å². The van der Waals surface area contributed by atoms with Gasteiger partial charge in [-0.1, -0.05) is 6.07 Å². The molecule has 0 spiro atoms. The number of aliphatic carboxylic acids is 1. The normalized spacial score (nSPS) is 18.9. The topological polar surface area (TPSA) is 82.9 Å². The first-order valence-electron chi connectivity index (χ1n) is 13.4. The van der Waals surface area contributed by atoms with Crippen LogP contribution in [0.5, 0.6) is 5.75 Å². The Morgan fingerprint density at radius 1 is 1.21 bits per heavy atom. The van der Waals surface area contributed by atoms with Gasteiger partial charge >= 0.3 is 5.97 Å². The van der Waals surface area contributed by atoms with Crippen molar-refractivity contribution in [3.63, 3.8) is 0 Å². The van der Waals surface area contributed by atoms with Crippen molar-refractivity contribution in [1.82, 2.24) is 9.88 Å². The Labute approximate surface area is 228 Å². The highest BCUT2D eigenvalue weighted by Gasteiger charge is 2.30. The molecule has 1 aromatic heterocycles. The number of thioether (sulfide) groups is 1. The zero-order valence-corrected chi connectivity index (χ0v) is 22.7. The second-order valence-corrected chi connectivity index (χ2v) is 11.2. The molecule has 6 nitrogen and oxygen atoms in total. The summed E-state index contributed by atoms with van der Waals surface area (Å²) < 4.78 is 18.8. The van der Waals surface area contributed by atoms with Gasteiger partial charge in [0, 0.05) is 29.4 Å². The largest absolute Gasteiger partial charge is 0.497 e. The molecule has 204 valence electrons. The van der Waals surface area contributed by atoms with E-state index < -0.39 is 12.1 Å². The number of carbonyl (C=O) groups is 1. The number of piperidine rings is 1. The molecule has 1 aliphatic rings. The van der Waals surface area contributed by atoms with E-state index in [0.717, 1.165) is 71.8 Å². The van der Waals surface area contributed by atoms with Gasteiger partial charge in [-0.15, -0.1) is 11.8 Å². The van der Waals surface area contributed by atoms with E-state index >= 15 is 0 Å². The van der Waals surface area contributed by atoms with Gasteiger partial charge in [-0.05, 0) is 111 Å². The van der Waals surface area contributed by atoms with Crippen LogP contribution in [-0.2, 0) is 4.79 Å². The molecular formula is C30H37FN2O4S. The molecule has 0 radical (unpaired) electrons. The molecule has 0 aliphatic carbocycles. The molecule has 8 heteroatoms. The smallest absolute Gasteiger partial charge is 0.303 e. The number of aromatic nitrogens is 1. The van der Waals surface area contributed by atoms with E-state index in [0.29, 0.717) is 18.8 Å². The van der Waals surface area contributed by atoms with E-state index in [1.165, 1.54) is 6.07 Å². The first-order valence-corrected chi connectivity index (χ1v) is 14.3. The maximum atomic E-state index is 13.4. The third kappa shape index (κ3) is 7.91. The summed E-state index contributed by atoms with van der Waals surface area (Å²) in [6, 6.07) is 14.3. The summed E-state index contributed by atoms with van der Waals surface area (Å²) in [6.07, 6.45) is 5.40. The van der Waals surface area contributed by atoms with Gasteiger partial charge in [0.2, 0.25) is 0 Å². The highest BCUT2D eigenvalue weighted by molar-refractivity contribution is 7.99. The molecule has 2 heterocycles. The van der Waals surface area contributed by atoms with Crippen molar-refractivity contribution in [3.05, 3.63) is 66.1 Å². The first kappa shape index (κ1) is 28.3. The number of likely N-dealkylation sites (tertiary alicyclic amines) is 1. The number of hydrogen-bond donors (Lipinski definition) is 2. The molecule has 0 saturated carbocycles. The molecule has 0 amide bonds. The highest BCUT2D eigenvalue weighted by Crippen LogP contribution is 2.35. The molecule has 3 aromatic rings. The molecule has 2 aromatic carbocycles. The van der Waals surface area contributed by atoms with Gasteiger partial charge in [-0.25, -0.2) is 4.39 Å². The number of pyridine rings is 1. The summed E-state index contributed by atoms with van der Waals surface area (Å²) in [5.74, 6) is 1.35. The van der Waals surface area contributed by atoms with Gasteiger partial charge in [0.25, 0.3) is 0 Å². The fourth-order valence-electron chi connectivity index (χ4n) is 5.50. The molecule has 1 saturated heterocycles. The van der Waals surface area contributed by atoms with Gasteiger partial charge < -0.3 is 19.8 Å². The lowest BCUT2D eigenvalue weighted by Crippen LogP contribution is -2.41. The third-order valence-electron chi connectivity index (χ3n) is 7.54. The minimum atomic E-state index is -0.760. The number of carboxylic acid groups (broad SMARTS) is 1. The van der Waals surface area contributed by atoms with Gasteiger partial charge in [-0.3, -0.25) is 9.78 Å². The van der Waals surface area contributed by atoms with E-state index in [2.05, 4.69) is 9.88 Å². The van der Waals surface area contributed by atoms with Crippen LogP contribution in [0.4, 0.5) is 4.39 Å². The van der Waals surface area contributed by atoms with Crippen molar-refractivity contribution in [2.45, 2.75) is 49.5 Å². The van der Waals surface area contributed by atoms with Crippen LogP contribution in [-0.4, -0.2) is 58.6 Å². The fraction of sp³-hybridized carbons (Fsp3) is 0.467. The Bertz CT molecular complexity index is 1210. The van der Waals surface area contributed by atoms with Gasteiger partial charge in [0.15, 0.2) is 0 Å². The van der Waals surface area contributed by atoms with Gasteiger partial charge in [0.1, 0.15) is 11.6 Å². The maximum absolute atomic E-state index is 13.4. The average Bonchev–Trinajstić information content (AvgIpc) is 2.92. The zero-order valence-electron chi connectivity index (χ0n) is 21.9. The molecule has 2 N–H and O–H groups in total. The minimum Gasteiger partial charge on any atom is -0.497 e. The Kier molecular flexibility index (Phi) is 10.4. The molecular weight excluding hydrogens is 503 g/mol. The predicted octanol–water partition coefficient (Wildman–Crippen LogP) is 6.18. The maximum Gasteiger partial charge on any atom is 0.303 e. The number of nitrogens with zero attached hydrogens (tertiary/aromatic N) is 2. The number of benzene rings is 2. The monoisotopic (exact) mass is 540 g/mol. The molecule has 1 fully saturated rings. The number of methoxy groups -OCH3 is 1. The first-order chi connectivity index (χ1) is 18.4. The zero-order chi connectivity index (χ0) is 26.9. The van der Waals surface area contributed by atoms with Crippen LogP contribution < -0.4 is 4.74 Å². The molecule has 38 heavy (non-hydrogen) atoms. The summed E-state index contributed by atoms with van der Waals surface area (Å²) in [5, 5.41) is 21.3. The Hall–Kier alpha value is -2.68. The predicted molar refractivity (Wildman–Crippen MR) is 149 cm³/mol. The molecule has 3 atom stereocenters. The van der Waals surface area contributed by atoms with Gasteiger partial charge in [-0.2, -0.15) is 0 Å². The third-order valence-corrected chi connectivity index (χ3v) is 8.62. The molecule has 1 aliphatic heterocycles. The van der Waals surface area contributed by atoms with Crippen molar-refractivity contribution in [1.29, 1.82) is 0 Å². The van der Waals surface area contributed by atoms with E-state index in [1.807, 2.05) is 30.3 Å². The Balaban J connectivity index is 1.32. The summed E-state index contributed by atoms with van der Waals surface area (Å²) in [6.45, 7) is 2.81. The lowest BCUT2D eigenvalue weighted by molar-refractivity contribution is -0.137. The fourth-order valence-corrected chi connectivity index (χ4v) is 6.38. The number of ether oxygens (including phenoxy) is 1. The van der Waals surface area contributed by atoms with Crippen LogP contribution in [0.3, 0.4) is 0 Å². The standard InChI is InChI=1S/C30H37FN2O4S/c1-37-24-8-9-28-27(19-24)26(12-14-32-28)29(34)10-6-21-13-16-33(20-22(21)7-11-30(35)36)15-3-17-38-25-5-2-4-23(31)18-25/h2,4-5,8-9,12,14,18-19,21-22,29,34H,3,6-7,10-11,13,15-17,20H2,1H3,(H,35,36)/t21-,22-,29-/m1/s1. The average molecular weight is 541 g/mol. The Morgan fingerprint density at radius 3 is 2.87 bits per heavy atom. The number of halogens is 1.